The van der Waals surface area contributed by atoms with Gasteiger partial charge in [0.05, 0.1) is 11.7 Å². The molecule has 2 nitrogen and oxygen atoms in total. The summed E-state index contributed by atoms with van der Waals surface area (Å²) in [4.78, 5) is 0. The van der Waals surface area contributed by atoms with E-state index in [2.05, 4.69) is 0 Å². The quantitative estimate of drug-likeness (QED) is 0.492. The molecule has 0 aromatic rings. The lowest BCUT2D eigenvalue weighted by molar-refractivity contribution is -0.183. The standard InChI is InChI=1S/C7H12O2/c8-6-2-1-5-3-7(6,9)4-5/h5-6,8-9H,1-4H2. The number of aliphatic hydroxyl groups excluding tert-OH is 1. The van der Waals surface area contributed by atoms with E-state index < -0.39 is 11.7 Å². The number of rotatable bonds is 0. The maximum absolute atomic E-state index is 9.46. The molecule has 0 heterocycles. The molecule has 0 aromatic heterocycles. The van der Waals surface area contributed by atoms with Crippen LogP contribution in [0.5, 0.6) is 0 Å². The fourth-order valence-electron chi connectivity index (χ4n) is 2.08. The van der Waals surface area contributed by atoms with Gasteiger partial charge in [0.25, 0.3) is 0 Å². The fourth-order valence-corrected chi connectivity index (χ4v) is 2.08. The molecule has 52 valence electrons. The molecule has 9 heavy (non-hydrogen) atoms. The zero-order chi connectivity index (χ0) is 6.48. The first-order valence-corrected chi connectivity index (χ1v) is 3.61. The second kappa shape index (κ2) is 1.50. The van der Waals surface area contributed by atoms with Crippen molar-refractivity contribution >= 4 is 0 Å². The van der Waals surface area contributed by atoms with E-state index >= 15 is 0 Å². The van der Waals surface area contributed by atoms with Crippen molar-refractivity contribution in [1.82, 2.24) is 0 Å². The van der Waals surface area contributed by atoms with E-state index in [1.165, 1.54) is 0 Å². The lowest BCUT2D eigenvalue weighted by Gasteiger charge is -2.51. The minimum absolute atomic E-state index is 0.428. The van der Waals surface area contributed by atoms with Crippen LogP contribution >= 0.6 is 0 Å². The van der Waals surface area contributed by atoms with Gasteiger partial charge in [0.1, 0.15) is 0 Å². The molecule has 3 aliphatic rings. The average Bonchev–Trinajstić information content (AvgIpc) is 1.73. The summed E-state index contributed by atoms with van der Waals surface area (Å²) in [5.74, 6) is 0.721. The SMILES string of the molecule is OC1CCC2CC1(O)C2. The van der Waals surface area contributed by atoms with Gasteiger partial charge in [-0.15, -0.1) is 0 Å². The molecule has 3 aliphatic carbocycles. The molecule has 0 saturated heterocycles. The van der Waals surface area contributed by atoms with Crippen molar-refractivity contribution in [2.75, 3.05) is 0 Å². The summed E-state index contributed by atoms with van der Waals surface area (Å²) in [7, 11) is 0. The van der Waals surface area contributed by atoms with Crippen molar-refractivity contribution in [3.63, 3.8) is 0 Å². The van der Waals surface area contributed by atoms with Crippen LogP contribution in [0.3, 0.4) is 0 Å². The Hall–Kier alpha value is -0.0800. The van der Waals surface area contributed by atoms with Crippen LogP contribution in [-0.2, 0) is 0 Å². The molecule has 2 bridgehead atoms. The monoisotopic (exact) mass is 128 g/mol. The van der Waals surface area contributed by atoms with Crippen LogP contribution in [0, 0.1) is 5.92 Å². The van der Waals surface area contributed by atoms with Gasteiger partial charge >= 0.3 is 0 Å². The molecule has 3 saturated carbocycles. The topological polar surface area (TPSA) is 40.5 Å². The predicted octanol–water partition coefficient (Wildman–Crippen LogP) is 0.282. The molecule has 3 fully saturated rings. The van der Waals surface area contributed by atoms with Gasteiger partial charge in [-0.3, -0.25) is 0 Å². The van der Waals surface area contributed by atoms with E-state index in [1.54, 1.807) is 0 Å². The summed E-state index contributed by atoms with van der Waals surface area (Å²) in [5.41, 5.74) is -0.664. The molecule has 0 spiro atoms. The summed E-state index contributed by atoms with van der Waals surface area (Å²) in [6.45, 7) is 0. The Kier molecular flexibility index (Phi) is 0.945. The van der Waals surface area contributed by atoms with Crippen LogP contribution in [0.25, 0.3) is 0 Å². The molecule has 3 rings (SSSR count). The highest BCUT2D eigenvalue weighted by Gasteiger charge is 2.51. The van der Waals surface area contributed by atoms with E-state index in [4.69, 9.17) is 0 Å². The van der Waals surface area contributed by atoms with E-state index in [-0.39, 0.29) is 0 Å². The van der Waals surface area contributed by atoms with Crippen LogP contribution < -0.4 is 0 Å². The summed E-state index contributed by atoms with van der Waals surface area (Å²) in [6, 6.07) is 0. The summed E-state index contributed by atoms with van der Waals surface area (Å²) < 4.78 is 0. The molecule has 2 N–H and O–H groups in total. The maximum Gasteiger partial charge on any atom is 0.0910 e. The van der Waals surface area contributed by atoms with Crippen LogP contribution in [0.15, 0.2) is 0 Å². The first-order chi connectivity index (χ1) is 4.21. The summed E-state index contributed by atoms with van der Waals surface area (Å²) >= 11 is 0. The van der Waals surface area contributed by atoms with Crippen molar-refractivity contribution in [3.8, 4) is 0 Å². The predicted molar refractivity (Wildman–Crippen MR) is 32.9 cm³/mol. The highest BCUT2D eigenvalue weighted by molar-refractivity contribution is 5.03. The van der Waals surface area contributed by atoms with Crippen LogP contribution in [-0.4, -0.2) is 21.9 Å². The Balaban J connectivity index is 2.11. The van der Waals surface area contributed by atoms with Gasteiger partial charge in [0.2, 0.25) is 0 Å². The molecule has 2 heteroatoms. The van der Waals surface area contributed by atoms with Gasteiger partial charge in [-0.05, 0) is 31.6 Å². The van der Waals surface area contributed by atoms with Crippen LogP contribution in [0.4, 0.5) is 0 Å². The van der Waals surface area contributed by atoms with Gasteiger partial charge in [-0.25, -0.2) is 0 Å². The van der Waals surface area contributed by atoms with E-state index in [0.29, 0.717) is 0 Å². The first kappa shape index (κ1) is 5.69. The van der Waals surface area contributed by atoms with Crippen molar-refractivity contribution in [1.29, 1.82) is 0 Å². The highest BCUT2D eigenvalue weighted by Crippen LogP contribution is 2.48. The van der Waals surface area contributed by atoms with E-state index in [1.807, 2.05) is 0 Å². The van der Waals surface area contributed by atoms with Crippen molar-refractivity contribution < 1.29 is 10.2 Å². The lowest BCUT2D eigenvalue weighted by Crippen LogP contribution is -2.56. The Morgan fingerprint density at radius 2 is 1.89 bits per heavy atom. The van der Waals surface area contributed by atoms with Crippen LogP contribution in [0.1, 0.15) is 25.7 Å². The molecular formula is C7H12O2. The minimum Gasteiger partial charge on any atom is -0.390 e. The van der Waals surface area contributed by atoms with Gasteiger partial charge in [0.15, 0.2) is 0 Å². The largest absolute Gasteiger partial charge is 0.390 e. The number of fused-ring (bicyclic) bond motifs is 2. The first-order valence-electron chi connectivity index (χ1n) is 3.61. The second-order valence-corrected chi connectivity index (χ2v) is 3.47. The molecule has 0 aliphatic heterocycles. The molecule has 0 radical (unpaired) electrons. The Labute approximate surface area is 54.5 Å². The molecule has 1 unspecified atom stereocenters. The third-order valence-corrected chi connectivity index (χ3v) is 2.75. The van der Waals surface area contributed by atoms with E-state index in [0.717, 1.165) is 31.6 Å². The number of hydrogen-bond donors (Lipinski definition) is 2. The van der Waals surface area contributed by atoms with Gasteiger partial charge in [-0.1, -0.05) is 0 Å². The second-order valence-electron chi connectivity index (χ2n) is 3.47. The van der Waals surface area contributed by atoms with Crippen LogP contribution in [0.2, 0.25) is 0 Å². The molecule has 0 aromatic carbocycles. The van der Waals surface area contributed by atoms with E-state index in [9.17, 15) is 10.2 Å². The normalized spacial score (nSPS) is 56.7. The molecule has 1 atom stereocenters. The maximum atomic E-state index is 9.46. The highest BCUT2D eigenvalue weighted by atomic mass is 16.3. The fraction of sp³-hybridized carbons (Fsp3) is 1.00. The Morgan fingerprint density at radius 3 is 2.22 bits per heavy atom. The third-order valence-electron chi connectivity index (χ3n) is 2.75. The summed E-state index contributed by atoms with van der Waals surface area (Å²) in [6.07, 6.45) is 3.18. The van der Waals surface area contributed by atoms with Crippen molar-refractivity contribution in [2.24, 2.45) is 5.92 Å². The Morgan fingerprint density at radius 1 is 1.22 bits per heavy atom. The molecule has 0 amide bonds. The number of hydrogen-bond acceptors (Lipinski definition) is 2. The number of aliphatic hydroxyl groups is 2. The lowest BCUT2D eigenvalue weighted by atomic mass is 9.60. The third kappa shape index (κ3) is 0.634. The van der Waals surface area contributed by atoms with Gasteiger partial charge in [-0.2, -0.15) is 0 Å². The Bertz CT molecular complexity index is 127. The zero-order valence-electron chi connectivity index (χ0n) is 5.38. The van der Waals surface area contributed by atoms with Crippen molar-refractivity contribution in [2.45, 2.75) is 37.4 Å². The smallest absolute Gasteiger partial charge is 0.0910 e. The minimum atomic E-state index is -0.664. The van der Waals surface area contributed by atoms with Crippen molar-refractivity contribution in [3.05, 3.63) is 0 Å². The summed E-state index contributed by atoms with van der Waals surface area (Å²) in [5, 5.41) is 18.7. The average molecular weight is 128 g/mol. The van der Waals surface area contributed by atoms with Gasteiger partial charge < -0.3 is 10.2 Å². The molecular weight excluding hydrogens is 116 g/mol. The van der Waals surface area contributed by atoms with Gasteiger partial charge in [0, 0.05) is 0 Å². The zero-order valence-corrected chi connectivity index (χ0v) is 5.38.